The van der Waals surface area contributed by atoms with Gasteiger partial charge in [-0.3, -0.25) is 0 Å². The summed E-state index contributed by atoms with van der Waals surface area (Å²) in [6.07, 6.45) is 0. The Kier molecular flexibility index (Phi) is 4.34. The van der Waals surface area contributed by atoms with E-state index in [-0.39, 0.29) is 17.7 Å². The highest BCUT2D eigenvalue weighted by Crippen LogP contribution is 2.19. The van der Waals surface area contributed by atoms with Crippen LogP contribution in [0.15, 0.2) is 12.1 Å². The molecule has 3 N–H and O–H groups in total. The van der Waals surface area contributed by atoms with Crippen LogP contribution in [0.4, 0.5) is 8.78 Å². The van der Waals surface area contributed by atoms with E-state index in [0.717, 1.165) is 12.1 Å². The van der Waals surface area contributed by atoms with Crippen molar-refractivity contribution in [3.63, 3.8) is 0 Å². The summed E-state index contributed by atoms with van der Waals surface area (Å²) < 4.78 is 49.2. The molecule has 1 rings (SSSR count). The van der Waals surface area contributed by atoms with Crippen LogP contribution in [0.3, 0.4) is 0 Å². The largest absolute Gasteiger partial charge is 0.324 e. The van der Waals surface area contributed by atoms with E-state index >= 15 is 0 Å². The van der Waals surface area contributed by atoms with Gasteiger partial charge in [-0.05, 0) is 19.1 Å². The monoisotopic (exact) mass is 250 g/mol. The summed E-state index contributed by atoms with van der Waals surface area (Å²) in [5, 5.41) is 0. The van der Waals surface area contributed by atoms with Gasteiger partial charge in [0.2, 0.25) is 10.9 Å². The lowest BCUT2D eigenvalue weighted by Gasteiger charge is -2.10. The van der Waals surface area contributed by atoms with Crippen LogP contribution in [-0.4, -0.2) is 8.42 Å². The first-order valence-electron chi connectivity index (χ1n) is 4.53. The first-order chi connectivity index (χ1) is 7.41. The molecule has 0 spiro atoms. The summed E-state index contributed by atoms with van der Waals surface area (Å²) >= 11 is 0. The van der Waals surface area contributed by atoms with Crippen molar-refractivity contribution < 1.29 is 17.2 Å². The van der Waals surface area contributed by atoms with Crippen LogP contribution in [0.25, 0.3) is 0 Å². The SMILES string of the molecule is C[C@@H](N)c1cc(F)c(CN[SH](=O)=O)cc1F. The van der Waals surface area contributed by atoms with E-state index in [0.29, 0.717) is 0 Å². The predicted octanol–water partition coefficient (Wildman–Crippen LogP) is 0.601. The van der Waals surface area contributed by atoms with Gasteiger partial charge in [0.05, 0.1) is 0 Å². The van der Waals surface area contributed by atoms with Crippen LogP contribution < -0.4 is 10.5 Å². The minimum Gasteiger partial charge on any atom is -0.324 e. The standard InChI is InChI=1S/C9H12F2N2O2S/c1-5(12)7-3-8(10)6(2-9(7)11)4-13-16(14)15/h2-3,5,16H,4,12H2,1H3,(H,13,14,15)/t5-/m1/s1. The Balaban J connectivity index is 3.00. The van der Waals surface area contributed by atoms with E-state index in [4.69, 9.17) is 5.73 Å². The molecular formula is C9H12F2N2O2S. The zero-order valence-electron chi connectivity index (χ0n) is 8.54. The number of halogens is 2. The summed E-state index contributed by atoms with van der Waals surface area (Å²) in [6.45, 7) is 1.25. The molecule has 0 aliphatic rings. The van der Waals surface area contributed by atoms with Crippen LogP contribution in [0.1, 0.15) is 24.1 Å². The summed E-state index contributed by atoms with van der Waals surface area (Å²) in [6, 6.07) is 1.31. The number of nitrogens with two attached hydrogens (primary N) is 1. The molecule has 0 aliphatic heterocycles. The highest BCUT2D eigenvalue weighted by atomic mass is 32.2. The minimum atomic E-state index is -2.83. The second-order valence-corrected chi connectivity index (χ2v) is 4.18. The van der Waals surface area contributed by atoms with Gasteiger partial charge in [-0.2, -0.15) is 0 Å². The van der Waals surface area contributed by atoms with Gasteiger partial charge in [-0.25, -0.2) is 21.9 Å². The van der Waals surface area contributed by atoms with Crippen molar-refractivity contribution in [3.8, 4) is 0 Å². The number of hydrogen-bond acceptors (Lipinski definition) is 3. The number of benzene rings is 1. The van der Waals surface area contributed by atoms with E-state index < -0.39 is 28.6 Å². The smallest absolute Gasteiger partial charge is 0.201 e. The highest BCUT2D eigenvalue weighted by molar-refractivity contribution is 7.70. The molecule has 4 nitrogen and oxygen atoms in total. The Hall–Kier alpha value is -1.05. The molecule has 90 valence electrons. The van der Waals surface area contributed by atoms with Crippen LogP contribution in [0.2, 0.25) is 0 Å². The topological polar surface area (TPSA) is 72.2 Å². The lowest BCUT2D eigenvalue weighted by Crippen LogP contribution is -2.14. The first-order valence-corrected chi connectivity index (χ1v) is 5.71. The maximum Gasteiger partial charge on any atom is 0.201 e. The normalized spacial score (nSPS) is 13.1. The second kappa shape index (κ2) is 5.33. The van der Waals surface area contributed by atoms with Gasteiger partial charge in [0, 0.05) is 23.7 Å². The summed E-state index contributed by atoms with van der Waals surface area (Å²) in [7, 11) is -2.83. The molecule has 16 heavy (non-hydrogen) atoms. The van der Waals surface area contributed by atoms with Crippen molar-refractivity contribution in [3.05, 3.63) is 34.9 Å². The van der Waals surface area contributed by atoms with Crippen molar-refractivity contribution in [2.45, 2.75) is 19.5 Å². The molecule has 0 aliphatic carbocycles. The number of rotatable bonds is 4. The van der Waals surface area contributed by atoms with Gasteiger partial charge in [-0.1, -0.05) is 0 Å². The average Bonchev–Trinajstić information content (AvgIpc) is 2.18. The second-order valence-electron chi connectivity index (χ2n) is 3.35. The minimum absolute atomic E-state index is 0.0545. The fourth-order valence-corrected chi connectivity index (χ4v) is 1.54. The third kappa shape index (κ3) is 3.22. The lowest BCUT2D eigenvalue weighted by molar-refractivity contribution is 0.556. The quantitative estimate of drug-likeness (QED) is 0.685. The Morgan fingerprint density at radius 3 is 2.50 bits per heavy atom. The number of nitrogens with one attached hydrogen (secondary N) is 1. The maximum absolute atomic E-state index is 13.4. The van der Waals surface area contributed by atoms with Crippen LogP contribution in [-0.2, 0) is 17.4 Å². The van der Waals surface area contributed by atoms with E-state index in [1.165, 1.54) is 6.92 Å². The third-order valence-corrected chi connectivity index (χ3v) is 2.47. The van der Waals surface area contributed by atoms with Crippen molar-refractivity contribution in [1.82, 2.24) is 4.72 Å². The lowest BCUT2D eigenvalue weighted by atomic mass is 10.1. The molecule has 0 amide bonds. The van der Waals surface area contributed by atoms with Crippen molar-refractivity contribution in [2.75, 3.05) is 0 Å². The summed E-state index contributed by atoms with van der Waals surface area (Å²) in [5.74, 6) is -1.33. The van der Waals surface area contributed by atoms with Gasteiger partial charge in [0.15, 0.2) is 0 Å². The van der Waals surface area contributed by atoms with Gasteiger partial charge < -0.3 is 5.73 Å². The van der Waals surface area contributed by atoms with Crippen molar-refractivity contribution in [1.29, 1.82) is 0 Å². The van der Waals surface area contributed by atoms with Crippen molar-refractivity contribution >= 4 is 10.9 Å². The Bertz CT molecular complexity index is 453. The van der Waals surface area contributed by atoms with Crippen LogP contribution in [0, 0.1) is 11.6 Å². The molecule has 0 radical (unpaired) electrons. The predicted molar refractivity (Wildman–Crippen MR) is 56.1 cm³/mol. The Morgan fingerprint density at radius 1 is 1.38 bits per heavy atom. The van der Waals surface area contributed by atoms with E-state index in [1.54, 1.807) is 0 Å². The zero-order valence-corrected chi connectivity index (χ0v) is 9.43. The molecule has 0 unspecified atom stereocenters. The third-order valence-electron chi connectivity index (χ3n) is 2.05. The molecule has 0 aromatic heterocycles. The van der Waals surface area contributed by atoms with Crippen LogP contribution in [0.5, 0.6) is 0 Å². The molecule has 1 aromatic carbocycles. The van der Waals surface area contributed by atoms with Gasteiger partial charge in [-0.15, -0.1) is 0 Å². The van der Waals surface area contributed by atoms with Gasteiger partial charge in [0.25, 0.3) is 0 Å². The molecule has 0 bridgehead atoms. The maximum atomic E-state index is 13.4. The van der Waals surface area contributed by atoms with Crippen molar-refractivity contribution in [2.24, 2.45) is 5.73 Å². The fraction of sp³-hybridized carbons (Fsp3) is 0.333. The number of thiol groups is 1. The van der Waals surface area contributed by atoms with E-state index in [9.17, 15) is 17.2 Å². The summed E-state index contributed by atoms with van der Waals surface area (Å²) in [5.41, 5.74) is 5.44. The zero-order chi connectivity index (χ0) is 12.3. The molecule has 0 fully saturated rings. The van der Waals surface area contributed by atoms with Crippen LogP contribution >= 0.6 is 0 Å². The molecule has 0 saturated carbocycles. The molecule has 1 atom stereocenters. The summed E-state index contributed by atoms with van der Waals surface area (Å²) in [4.78, 5) is 0. The Morgan fingerprint density at radius 2 is 2.00 bits per heavy atom. The van der Waals surface area contributed by atoms with E-state index in [1.807, 2.05) is 4.72 Å². The van der Waals surface area contributed by atoms with Gasteiger partial charge in [0.1, 0.15) is 11.6 Å². The molecular weight excluding hydrogens is 238 g/mol. The fourth-order valence-electron chi connectivity index (χ4n) is 1.24. The Labute approximate surface area is 93.5 Å². The van der Waals surface area contributed by atoms with Gasteiger partial charge >= 0.3 is 0 Å². The average molecular weight is 250 g/mol. The molecule has 0 saturated heterocycles. The number of hydrogen-bond donors (Lipinski definition) is 3. The first kappa shape index (κ1) is 13.0. The molecule has 7 heteroatoms. The van der Waals surface area contributed by atoms with E-state index in [2.05, 4.69) is 0 Å². The molecule has 0 heterocycles. The molecule has 1 aromatic rings. The highest BCUT2D eigenvalue weighted by Gasteiger charge is 2.12.